The molecule has 0 aromatic heterocycles. The van der Waals surface area contributed by atoms with Crippen LogP contribution < -0.4 is 0 Å². The highest BCUT2D eigenvalue weighted by Crippen LogP contribution is 2.13. The van der Waals surface area contributed by atoms with Crippen molar-refractivity contribution in [2.45, 2.75) is 30.1 Å². The van der Waals surface area contributed by atoms with Crippen LogP contribution in [0.2, 0.25) is 4.55 Å². The van der Waals surface area contributed by atoms with Crippen LogP contribution in [0.3, 0.4) is 0 Å². The molecule has 0 aromatic rings. The van der Waals surface area contributed by atoms with Crippen molar-refractivity contribution >= 4 is 31.1 Å². The van der Waals surface area contributed by atoms with Gasteiger partial charge >= 0.3 is 18.2 Å². The van der Waals surface area contributed by atoms with Gasteiger partial charge in [-0.25, -0.2) is 0 Å². The predicted octanol–water partition coefficient (Wildman–Crippen LogP) is 1.96. The van der Waals surface area contributed by atoms with E-state index in [1.54, 1.807) is 0 Å². The average molecular weight is 233 g/mol. The number of hydrogen-bond acceptors (Lipinski definition) is 2. The standard InChI is InChI=1S/C7H13O2.BrH.Mg/c1-2-8-7-5-3-4-6-9-7;;/h7H,1-6H2;1H;/q;;+1/p-1. The second kappa shape index (κ2) is 6.66. The zero-order valence-corrected chi connectivity index (χ0v) is 9.72. The molecule has 0 radical (unpaired) electrons. The molecular weight excluding hydrogens is 220 g/mol. The molecule has 1 atom stereocenters. The second-order valence-electron chi connectivity index (χ2n) is 2.71. The predicted molar refractivity (Wildman–Crippen MR) is 49.0 cm³/mol. The van der Waals surface area contributed by atoms with E-state index in [-0.39, 0.29) is 24.5 Å². The summed E-state index contributed by atoms with van der Waals surface area (Å²) in [6.45, 7) is 1.76. The molecule has 1 heterocycles. The lowest BCUT2D eigenvalue weighted by Crippen LogP contribution is -2.22. The fourth-order valence-electron chi connectivity index (χ4n) is 1.11. The smallest absolute Gasteiger partial charge is 0.355 e. The van der Waals surface area contributed by atoms with Crippen LogP contribution in [0.1, 0.15) is 19.3 Å². The van der Waals surface area contributed by atoms with Gasteiger partial charge in [-0.15, -0.1) is 4.55 Å². The molecule has 1 unspecified atom stereocenters. The number of ether oxygens (including phenoxy) is 2. The molecule has 2 nitrogen and oxygen atoms in total. The molecule has 62 valence electrons. The molecule has 4 heteroatoms. The van der Waals surface area contributed by atoms with Gasteiger partial charge in [0.2, 0.25) is 0 Å². The van der Waals surface area contributed by atoms with E-state index in [1.165, 1.54) is 17.4 Å². The lowest BCUT2D eigenvalue weighted by atomic mass is 10.2. The SMILES string of the molecule is [Br][Mg][CH2]COC1CCCCO1. The maximum Gasteiger partial charge on any atom is 0.470 e. The van der Waals surface area contributed by atoms with Crippen molar-refractivity contribution in [1.29, 1.82) is 0 Å². The fourth-order valence-corrected chi connectivity index (χ4v) is 2.07. The van der Waals surface area contributed by atoms with Gasteiger partial charge in [0.05, 0.1) is 0 Å². The van der Waals surface area contributed by atoms with Crippen molar-refractivity contribution in [3.05, 3.63) is 0 Å². The summed E-state index contributed by atoms with van der Waals surface area (Å²) < 4.78 is 12.1. The minimum Gasteiger partial charge on any atom is -0.355 e. The van der Waals surface area contributed by atoms with Crippen molar-refractivity contribution in [1.82, 2.24) is 0 Å². The Hall–Kier alpha value is 1.17. The minimum absolute atomic E-state index is 0.000616. The van der Waals surface area contributed by atoms with Crippen LogP contribution in [0.25, 0.3) is 0 Å². The molecule has 0 spiro atoms. The van der Waals surface area contributed by atoms with Crippen molar-refractivity contribution < 1.29 is 9.47 Å². The summed E-state index contributed by atoms with van der Waals surface area (Å²) in [5.41, 5.74) is 0. The van der Waals surface area contributed by atoms with E-state index in [0.717, 1.165) is 19.6 Å². The van der Waals surface area contributed by atoms with Crippen molar-refractivity contribution in [2.24, 2.45) is 0 Å². The van der Waals surface area contributed by atoms with Gasteiger partial charge in [-0.2, -0.15) is 0 Å². The van der Waals surface area contributed by atoms with Gasteiger partial charge in [0, 0.05) is 13.2 Å². The van der Waals surface area contributed by atoms with E-state index in [2.05, 4.69) is 12.9 Å². The van der Waals surface area contributed by atoms with Gasteiger partial charge in [0.25, 0.3) is 0 Å². The topological polar surface area (TPSA) is 18.5 Å². The average Bonchev–Trinajstić information content (AvgIpc) is 2.07. The normalized spacial score (nSPS) is 24.6. The van der Waals surface area contributed by atoms with Gasteiger partial charge in [-0.05, 0) is 19.3 Å². The monoisotopic (exact) mass is 232 g/mol. The lowest BCUT2D eigenvalue weighted by Gasteiger charge is -2.22. The molecule has 1 aliphatic rings. The first-order valence-corrected chi connectivity index (χ1v) is 9.12. The number of halogens is 1. The fraction of sp³-hybridized carbons (Fsp3) is 1.00. The molecule has 0 N–H and O–H groups in total. The Balaban J connectivity index is 1.96. The first kappa shape index (κ1) is 10.2. The van der Waals surface area contributed by atoms with E-state index in [0.29, 0.717) is 0 Å². The first-order valence-electron chi connectivity index (χ1n) is 4.22. The molecule has 0 aliphatic carbocycles. The molecular formula is C7H13BrMgO2. The zero-order valence-electron chi connectivity index (χ0n) is 6.72. The quantitative estimate of drug-likeness (QED) is 0.546. The van der Waals surface area contributed by atoms with Gasteiger partial charge in [0.15, 0.2) is 6.29 Å². The van der Waals surface area contributed by atoms with Gasteiger partial charge in [0.1, 0.15) is 0 Å². The van der Waals surface area contributed by atoms with Crippen LogP contribution in [-0.4, -0.2) is 37.7 Å². The Morgan fingerprint density at radius 3 is 3.09 bits per heavy atom. The van der Waals surface area contributed by atoms with Crippen LogP contribution >= 0.6 is 12.9 Å². The second-order valence-corrected chi connectivity index (χ2v) is 6.17. The molecule has 1 aliphatic heterocycles. The largest absolute Gasteiger partial charge is 0.470 e. The Kier molecular flexibility index (Phi) is 6.20. The maximum absolute atomic E-state index is 5.51. The van der Waals surface area contributed by atoms with Crippen LogP contribution in [0.15, 0.2) is 0 Å². The summed E-state index contributed by atoms with van der Waals surface area (Å²) >= 11 is 3.49. The highest BCUT2D eigenvalue weighted by atomic mass is 79.9. The van der Waals surface area contributed by atoms with Crippen LogP contribution in [0, 0.1) is 0 Å². The Morgan fingerprint density at radius 2 is 2.45 bits per heavy atom. The number of hydrogen-bond donors (Lipinski definition) is 0. The van der Waals surface area contributed by atoms with Crippen LogP contribution in [0.5, 0.6) is 0 Å². The van der Waals surface area contributed by atoms with Gasteiger partial charge in [-0.3, -0.25) is 0 Å². The van der Waals surface area contributed by atoms with Crippen LogP contribution in [0.4, 0.5) is 0 Å². The molecule has 0 amide bonds. The van der Waals surface area contributed by atoms with Crippen molar-refractivity contribution in [2.75, 3.05) is 13.2 Å². The molecule has 11 heavy (non-hydrogen) atoms. The van der Waals surface area contributed by atoms with Crippen molar-refractivity contribution in [3.63, 3.8) is 0 Å². The van der Waals surface area contributed by atoms with Gasteiger partial charge in [-0.1, -0.05) is 0 Å². The van der Waals surface area contributed by atoms with E-state index in [9.17, 15) is 0 Å². The molecule has 1 saturated heterocycles. The lowest BCUT2D eigenvalue weighted by molar-refractivity contribution is -0.159. The van der Waals surface area contributed by atoms with E-state index < -0.39 is 0 Å². The van der Waals surface area contributed by atoms with E-state index in [1.807, 2.05) is 0 Å². The summed E-state index contributed by atoms with van der Waals surface area (Å²) in [6, 6.07) is 0. The summed E-state index contributed by atoms with van der Waals surface area (Å²) in [6.07, 6.45) is 3.66. The Labute approximate surface area is 83.6 Å². The van der Waals surface area contributed by atoms with E-state index in [4.69, 9.17) is 9.47 Å². The third-order valence-corrected chi connectivity index (χ3v) is 3.96. The minimum atomic E-state index is -0.000616. The van der Waals surface area contributed by atoms with Crippen molar-refractivity contribution in [3.8, 4) is 0 Å². The molecule has 0 aromatic carbocycles. The van der Waals surface area contributed by atoms with Crippen LogP contribution in [-0.2, 0) is 9.47 Å². The summed E-state index contributed by atoms with van der Waals surface area (Å²) in [5, 5.41) is 0. The molecule has 0 saturated carbocycles. The Morgan fingerprint density at radius 1 is 1.55 bits per heavy atom. The highest BCUT2D eigenvalue weighted by molar-refractivity contribution is 9.23. The zero-order chi connectivity index (χ0) is 7.94. The Bertz CT molecular complexity index is 96.4. The molecule has 1 fully saturated rings. The maximum atomic E-state index is 5.51. The summed E-state index contributed by atoms with van der Waals surface area (Å²) in [5.74, 6) is 0. The number of rotatable bonds is 4. The highest BCUT2D eigenvalue weighted by Gasteiger charge is 2.12. The first-order chi connectivity index (χ1) is 5.43. The summed E-state index contributed by atoms with van der Waals surface area (Å²) in [7, 11) is 0. The molecule has 1 rings (SSSR count). The summed E-state index contributed by atoms with van der Waals surface area (Å²) in [4.78, 5) is 0. The van der Waals surface area contributed by atoms with E-state index >= 15 is 0 Å². The molecule has 0 bridgehead atoms. The third-order valence-electron chi connectivity index (χ3n) is 1.72. The third kappa shape index (κ3) is 4.67. The van der Waals surface area contributed by atoms with Gasteiger partial charge < -0.3 is 22.4 Å².